The Hall–Kier alpha value is -2.76. The number of pyridine rings is 1. The van der Waals surface area contributed by atoms with Crippen molar-refractivity contribution in [3.05, 3.63) is 52.7 Å². The molecule has 0 N–H and O–H groups in total. The molecule has 3 aromatic rings. The number of hydrogen-bond donors (Lipinski definition) is 0. The van der Waals surface area contributed by atoms with Crippen LogP contribution in [0.4, 0.5) is 5.82 Å². The molecule has 0 aromatic carbocycles. The van der Waals surface area contributed by atoms with Gasteiger partial charge in [-0.25, -0.2) is 9.97 Å². The van der Waals surface area contributed by atoms with Crippen molar-refractivity contribution in [2.45, 2.75) is 52.0 Å². The molecule has 144 valence electrons. The van der Waals surface area contributed by atoms with Crippen LogP contribution in [0, 0.1) is 13.8 Å². The molecule has 1 saturated heterocycles. The summed E-state index contributed by atoms with van der Waals surface area (Å²) in [7, 11) is 2.04. The Morgan fingerprint density at radius 3 is 2.61 bits per heavy atom. The van der Waals surface area contributed by atoms with Gasteiger partial charge in [0.25, 0.3) is 0 Å². The predicted octanol–water partition coefficient (Wildman–Crippen LogP) is 3.72. The highest BCUT2D eigenvalue weighted by Crippen LogP contribution is 2.41. The summed E-state index contributed by atoms with van der Waals surface area (Å²) >= 11 is 0. The maximum absolute atomic E-state index is 5.10. The lowest BCUT2D eigenvalue weighted by Crippen LogP contribution is -2.26. The minimum absolute atomic E-state index is 0.346. The zero-order valence-electron chi connectivity index (χ0n) is 16.8. The SMILES string of the molecule is Cc1nn(C)c(C)c1C1CCCN1c1nc(-c2ccncc2)nc2c1CCC2. The molecule has 2 aliphatic rings. The third kappa shape index (κ3) is 2.70. The Morgan fingerprint density at radius 1 is 1.04 bits per heavy atom. The molecular formula is C22H26N6. The van der Waals surface area contributed by atoms with Crippen LogP contribution in [0.2, 0.25) is 0 Å². The number of aromatic nitrogens is 5. The van der Waals surface area contributed by atoms with Gasteiger partial charge in [-0.05, 0) is 58.1 Å². The van der Waals surface area contributed by atoms with E-state index < -0.39 is 0 Å². The number of fused-ring (bicyclic) bond motifs is 1. The van der Waals surface area contributed by atoms with Gasteiger partial charge in [0.05, 0.1) is 11.7 Å². The first kappa shape index (κ1) is 17.3. The Kier molecular flexibility index (Phi) is 4.14. The highest BCUT2D eigenvalue weighted by Gasteiger charge is 2.34. The molecule has 0 amide bonds. The van der Waals surface area contributed by atoms with E-state index >= 15 is 0 Å². The smallest absolute Gasteiger partial charge is 0.161 e. The second-order valence-corrected chi connectivity index (χ2v) is 7.95. The molecule has 6 heteroatoms. The highest BCUT2D eigenvalue weighted by atomic mass is 15.3. The lowest BCUT2D eigenvalue weighted by molar-refractivity contribution is 0.690. The standard InChI is InChI=1S/C22H26N6/c1-14-20(15(2)27(3)26-14)19-8-5-13-28(19)22-17-6-4-7-18(17)24-21(25-22)16-9-11-23-12-10-16/h9-12,19H,4-8,13H2,1-3H3. The van der Waals surface area contributed by atoms with Crippen molar-refractivity contribution in [1.82, 2.24) is 24.7 Å². The number of anilines is 1. The van der Waals surface area contributed by atoms with Gasteiger partial charge in [0, 0.05) is 54.1 Å². The van der Waals surface area contributed by atoms with E-state index in [1.54, 1.807) is 0 Å². The molecular weight excluding hydrogens is 348 g/mol. The van der Waals surface area contributed by atoms with Crippen molar-refractivity contribution in [3.63, 3.8) is 0 Å². The van der Waals surface area contributed by atoms with Gasteiger partial charge >= 0.3 is 0 Å². The lowest BCUT2D eigenvalue weighted by atomic mass is 10.0. The van der Waals surface area contributed by atoms with E-state index in [9.17, 15) is 0 Å². The first-order chi connectivity index (χ1) is 13.6. The Balaban J connectivity index is 1.63. The molecule has 1 atom stereocenters. The molecule has 0 spiro atoms. The van der Waals surface area contributed by atoms with Crippen molar-refractivity contribution in [1.29, 1.82) is 0 Å². The van der Waals surface area contributed by atoms with Gasteiger partial charge in [0.15, 0.2) is 5.82 Å². The average Bonchev–Trinajstić information content (AvgIpc) is 3.42. The molecule has 1 fully saturated rings. The van der Waals surface area contributed by atoms with Gasteiger partial charge in [-0.3, -0.25) is 9.67 Å². The van der Waals surface area contributed by atoms with E-state index in [-0.39, 0.29) is 0 Å². The van der Waals surface area contributed by atoms with E-state index in [0.29, 0.717) is 6.04 Å². The van der Waals surface area contributed by atoms with E-state index in [2.05, 4.69) is 28.8 Å². The molecule has 0 bridgehead atoms. The summed E-state index contributed by atoms with van der Waals surface area (Å²) in [5.74, 6) is 1.96. The average molecular weight is 374 g/mol. The zero-order chi connectivity index (χ0) is 19.3. The van der Waals surface area contributed by atoms with Crippen LogP contribution in [-0.2, 0) is 19.9 Å². The maximum Gasteiger partial charge on any atom is 0.161 e. The van der Waals surface area contributed by atoms with Gasteiger partial charge in [0.2, 0.25) is 0 Å². The third-order valence-electron chi connectivity index (χ3n) is 6.27. The van der Waals surface area contributed by atoms with Crippen LogP contribution in [0.3, 0.4) is 0 Å². The molecule has 5 rings (SSSR count). The van der Waals surface area contributed by atoms with Crippen LogP contribution in [0.15, 0.2) is 24.5 Å². The summed E-state index contributed by atoms with van der Waals surface area (Å²) in [6.45, 7) is 5.35. The summed E-state index contributed by atoms with van der Waals surface area (Å²) in [6, 6.07) is 4.34. The Morgan fingerprint density at radius 2 is 1.86 bits per heavy atom. The normalized spacial score (nSPS) is 18.7. The van der Waals surface area contributed by atoms with E-state index in [0.717, 1.165) is 48.7 Å². The molecule has 28 heavy (non-hydrogen) atoms. The molecule has 1 aliphatic heterocycles. The Bertz CT molecular complexity index is 1020. The Labute approximate surface area is 165 Å². The minimum atomic E-state index is 0.346. The summed E-state index contributed by atoms with van der Waals surface area (Å²) < 4.78 is 2.01. The summed E-state index contributed by atoms with van der Waals surface area (Å²) in [6.07, 6.45) is 9.25. The van der Waals surface area contributed by atoms with Gasteiger partial charge in [-0.1, -0.05) is 0 Å². The van der Waals surface area contributed by atoms with E-state index in [1.807, 2.05) is 36.3 Å². The fraction of sp³-hybridized carbons (Fsp3) is 0.455. The largest absolute Gasteiger partial charge is 0.349 e. The van der Waals surface area contributed by atoms with Crippen molar-refractivity contribution in [2.24, 2.45) is 7.05 Å². The van der Waals surface area contributed by atoms with Crippen LogP contribution in [0.5, 0.6) is 0 Å². The summed E-state index contributed by atoms with van der Waals surface area (Å²) in [4.78, 5) is 16.7. The van der Waals surface area contributed by atoms with E-state index in [1.165, 1.54) is 35.4 Å². The second kappa shape index (κ2) is 6.69. The van der Waals surface area contributed by atoms with Crippen LogP contribution in [0.1, 0.15) is 53.5 Å². The van der Waals surface area contributed by atoms with Crippen LogP contribution < -0.4 is 4.90 Å². The molecule has 0 radical (unpaired) electrons. The molecule has 3 aromatic heterocycles. The first-order valence-electron chi connectivity index (χ1n) is 10.2. The third-order valence-corrected chi connectivity index (χ3v) is 6.27. The molecule has 1 aliphatic carbocycles. The van der Waals surface area contributed by atoms with Crippen molar-refractivity contribution >= 4 is 5.82 Å². The van der Waals surface area contributed by atoms with Gasteiger partial charge in [-0.2, -0.15) is 5.10 Å². The van der Waals surface area contributed by atoms with Gasteiger partial charge in [-0.15, -0.1) is 0 Å². The van der Waals surface area contributed by atoms with E-state index in [4.69, 9.17) is 9.97 Å². The highest BCUT2D eigenvalue weighted by molar-refractivity contribution is 5.62. The van der Waals surface area contributed by atoms with Crippen molar-refractivity contribution < 1.29 is 0 Å². The minimum Gasteiger partial charge on any atom is -0.349 e. The molecule has 0 saturated carbocycles. The zero-order valence-corrected chi connectivity index (χ0v) is 16.8. The number of rotatable bonds is 3. The van der Waals surface area contributed by atoms with Gasteiger partial charge < -0.3 is 4.90 Å². The summed E-state index contributed by atoms with van der Waals surface area (Å²) in [5.41, 5.74) is 7.38. The first-order valence-corrected chi connectivity index (χ1v) is 10.2. The molecule has 6 nitrogen and oxygen atoms in total. The monoisotopic (exact) mass is 374 g/mol. The fourth-order valence-electron chi connectivity index (χ4n) is 4.87. The number of aryl methyl sites for hydroxylation is 3. The summed E-state index contributed by atoms with van der Waals surface area (Å²) in [5, 5.41) is 4.67. The van der Waals surface area contributed by atoms with Crippen LogP contribution >= 0.6 is 0 Å². The van der Waals surface area contributed by atoms with Gasteiger partial charge in [0.1, 0.15) is 5.82 Å². The van der Waals surface area contributed by atoms with Crippen molar-refractivity contribution in [3.8, 4) is 11.4 Å². The van der Waals surface area contributed by atoms with Crippen LogP contribution in [0.25, 0.3) is 11.4 Å². The predicted molar refractivity (Wildman–Crippen MR) is 109 cm³/mol. The van der Waals surface area contributed by atoms with Crippen LogP contribution in [-0.4, -0.2) is 31.3 Å². The topological polar surface area (TPSA) is 59.7 Å². The number of nitrogens with zero attached hydrogens (tertiary/aromatic N) is 6. The molecule has 4 heterocycles. The number of hydrogen-bond acceptors (Lipinski definition) is 5. The lowest BCUT2D eigenvalue weighted by Gasteiger charge is -2.28. The molecule has 1 unspecified atom stereocenters. The second-order valence-electron chi connectivity index (χ2n) is 7.95. The van der Waals surface area contributed by atoms with Crippen molar-refractivity contribution in [2.75, 3.05) is 11.4 Å². The maximum atomic E-state index is 5.10. The fourth-order valence-corrected chi connectivity index (χ4v) is 4.87. The quantitative estimate of drug-likeness (QED) is 0.699.